The molecule has 0 saturated heterocycles. The molecule has 1 aromatic heterocycles. The lowest BCUT2D eigenvalue weighted by Crippen LogP contribution is -2.32. The van der Waals surface area contributed by atoms with Crippen LogP contribution in [-0.4, -0.2) is 35.9 Å². The van der Waals surface area contributed by atoms with Gasteiger partial charge in [0, 0.05) is 26.0 Å². The Kier molecular flexibility index (Phi) is 7.52. The molecule has 0 spiro atoms. The SMILES string of the molecule is CCOCCCNC(=O)C(C)Sc1ccc(C)cn1. The van der Waals surface area contributed by atoms with E-state index in [9.17, 15) is 4.79 Å². The van der Waals surface area contributed by atoms with E-state index in [1.54, 1.807) is 0 Å². The first kappa shape index (κ1) is 16.0. The van der Waals surface area contributed by atoms with Crippen LogP contribution in [0.1, 0.15) is 25.8 Å². The molecule has 0 fully saturated rings. The van der Waals surface area contributed by atoms with Gasteiger partial charge in [-0.05, 0) is 38.8 Å². The van der Waals surface area contributed by atoms with E-state index < -0.39 is 0 Å². The maximum absolute atomic E-state index is 11.8. The third kappa shape index (κ3) is 6.59. The summed E-state index contributed by atoms with van der Waals surface area (Å²) in [6.07, 6.45) is 2.66. The summed E-state index contributed by atoms with van der Waals surface area (Å²) in [4.78, 5) is 16.1. The van der Waals surface area contributed by atoms with E-state index in [-0.39, 0.29) is 11.2 Å². The highest BCUT2D eigenvalue weighted by molar-refractivity contribution is 8.00. The van der Waals surface area contributed by atoms with Crippen LogP contribution in [0.5, 0.6) is 0 Å². The van der Waals surface area contributed by atoms with E-state index in [0.29, 0.717) is 13.2 Å². The molecule has 0 aliphatic carbocycles. The van der Waals surface area contributed by atoms with E-state index in [2.05, 4.69) is 10.3 Å². The van der Waals surface area contributed by atoms with Gasteiger partial charge in [-0.15, -0.1) is 0 Å². The second-order valence-electron chi connectivity index (χ2n) is 4.28. The quantitative estimate of drug-likeness (QED) is 0.587. The number of aromatic nitrogens is 1. The number of hydrogen-bond acceptors (Lipinski definition) is 4. The predicted octanol–water partition coefficient (Wildman–Crippen LogP) is 2.41. The maximum Gasteiger partial charge on any atom is 0.233 e. The minimum Gasteiger partial charge on any atom is -0.382 e. The number of aryl methyl sites for hydroxylation is 1. The Morgan fingerprint density at radius 1 is 1.53 bits per heavy atom. The van der Waals surface area contributed by atoms with Crippen LogP contribution in [0.3, 0.4) is 0 Å². The topological polar surface area (TPSA) is 51.2 Å². The molecule has 1 unspecified atom stereocenters. The van der Waals surface area contributed by atoms with E-state index in [0.717, 1.165) is 23.6 Å². The van der Waals surface area contributed by atoms with Gasteiger partial charge < -0.3 is 10.1 Å². The number of carbonyl (C=O) groups excluding carboxylic acids is 1. The van der Waals surface area contributed by atoms with Crippen molar-refractivity contribution in [2.75, 3.05) is 19.8 Å². The number of carbonyl (C=O) groups is 1. The fourth-order valence-corrected chi connectivity index (χ4v) is 2.25. The van der Waals surface area contributed by atoms with E-state index in [4.69, 9.17) is 4.74 Å². The van der Waals surface area contributed by atoms with Crippen molar-refractivity contribution in [1.82, 2.24) is 10.3 Å². The molecule has 1 atom stereocenters. The predicted molar refractivity (Wildman–Crippen MR) is 78.4 cm³/mol. The van der Waals surface area contributed by atoms with Gasteiger partial charge in [0.25, 0.3) is 0 Å². The summed E-state index contributed by atoms with van der Waals surface area (Å²) in [5, 5.41) is 3.65. The van der Waals surface area contributed by atoms with Gasteiger partial charge in [0.2, 0.25) is 5.91 Å². The molecule has 1 heterocycles. The van der Waals surface area contributed by atoms with Crippen LogP contribution in [0, 0.1) is 6.92 Å². The fourth-order valence-electron chi connectivity index (χ4n) is 1.43. The van der Waals surface area contributed by atoms with Crippen LogP contribution in [0.25, 0.3) is 0 Å². The standard InChI is InChI=1S/C14H22N2O2S/c1-4-18-9-5-8-15-14(17)12(3)19-13-7-6-11(2)10-16-13/h6-7,10,12H,4-5,8-9H2,1-3H3,(H,15,17). The second-order valence-corrected chi connectivity index (χ2v) is 5.64. The Balaban J connectivity index is 2.26. The zero-order valence-corrected chi connectivity index (χ0v) is 12.6. The van der Waals surface area contributed by atoms with E-state index in [1.165, 1.54) is 11.8 Å². The Morgan fingerprint density at radius 2 is 2.32 bits per heavy atom. The largest absolute Gasteiger partial charge is 0.382 e. The zero-order chi connectivity index (χ0) is 14.1. The number of nitrogens with one attached hydrogen (secondary N) is 1. The van der Waals surface area contributed by atoms with Crippen LogP contribution < -0.4 is 5.32 Å². The van der Waals surface area contributed by atoms with Crippen molar-refractivity contribution in [1.29, 1.82) is 0 Å². The van der Waals surface area contributed by atoms with Crippen LogP contribution >= 0.6 is 11.8 Å². The number of thioether (sulfide) groups is 1. The number of pyridine rings is 1. The van der Waals surface area contributed by atoms with Gasteiger partial charge in [-0.1, -0.05) is 17.8 Å². The summed E-state index contributed by atoms with van der Waals surface area (Å²) in [6.45, 7) is 7.92. The van der Waals surface area contributed by atoms with Crippen molar-refractivity contribution >= 4 is 17.7 Å². The van der Waals surface area contributed by atoms with Crippen LogP contribution in [0.4, 0.5) is 0 Å². The Hall–Kier alpha value is -1.07. The molecule has 0 aliphatic rings. The van der Waals surface area contributed by atoms with Gasteiger partial charge in [-0.2, -0.15) is 0 Å². The number of hydrogen-bond donors (Lipinski definition) is 1. The number of nitrogens with zero attached hydrogens (tertiary/aromatic N) is 1. The smallest absolute Gasteiger partial charge is 0.233 e. The molecule has 0 bridgehead atoms. The van der Waals surface area contributed by atoms with Gasteiger partial charge in [-0.3, -0.25) is 4.79 Å². The molecule has 0 radical (unpaired) electrons. The van der Waals surface area contributed by atoms with Crippen molar-refractivity contribution in [3.05, 3.63) is 23.9 Å². The first-order chi connectivity index (χ1) is 9.13. The summed E-state index contributed by atoms with van der Waals surface area (Å²) in [5.41, 5.74) is 1.12. The number of rotatable bonds is 8. The average molecular weight is 282 g/mol. The minimum absolute atomic E-state index is 0.0453. The van der Waals surface area contributed by atoms with Crippen LogP contribution in [0.2, 0.25) is 0 Å². The molecular weight excluding hydrogens is 260 g/mol. The lowest BCUT2D eigenvalue weighted by molar-refractivity contribution is -0.120. The Morgan fingerprint density at radius 3 is 2.95 bits per heavy atom. The van der Waals surface area contributed by atoms with Crippen molar-refractivity contribution in [2.24, 2.45) is 0 Å². The van der Waals surface area contributed by atoms with Crippen molar-refractivity contribution < 1.29 is 9.53 Å². The van der Waals surface area contributed by atoms with Crippen molar-refractivity contribution in [2.45, 2.75) is 37.5 Å². The fraction of sp³-hybridized carbons (Fsp3) is 0.571. The monoisotopic (exact) mass is 282 g/mol. The summed E-state index contributed by atoms with van der Waals surface area (Å²) in [5.74, 6) is 0.0453. The Labute approximate surface area is 119 Å². The first-order valence-electron chi connectivity index (χ1n) is 6.58. The van der Waals surface area contributed by atoms with Gasteiger partial charge in [-0.25, -0.2) is 4.98 Å². The van der Waals surface area contributed by atoms with Crippen molar-refractivity contribution in [3.8, 4) is 0 Å². The molecule has 0 aromatic carbocycles. The minimum atomic E-state index is -0.137. The first-order valence-corrected chi connectivity index (χ1v) is 7.46. The van der Waals surface area contributed by atoms with Gasteiger partial charge in [0.1, 0.15) is 0 Å². The van der Waals surface area contributed by atoms with Crippen molar-refractivity contribution in [3.63, 3.8) is 0 Å². The maximum atomic E-state index is 11.8. The molecule has 0 saturated carbocycles. The molecular formula is C14H22N2O2S. The lowest BCUT2D eigenvalue weighted by atomic mass is 10.3. The van der Waals surface area contributed by atoms with Gasteiger partial charge in [0.05, 0.1) is 10.3 Å². The van der Waals surface area contributed by atoms with Gasteiger partial charge >= 0.3 is 0 Å². The molecule has 106 valence electrons. The summed E-state index contributed by atoms with van der Waals surface area (Å²) in [7, 11) is 0. The van der Waals surface area contributed by atoms with Gasteiger partial charge in [0.15, 0.2) is 0 Å². The molecule has 1 aromatic rings. The highest BCUT2D eigenvalue weighted by Crippen LogP contribution is 2.20. The molecule has 1 N–H and O–H groups in total. The normalized spacial score (nSPS) is 12.2. The average Bonchev–Trinajstić information content (AvgIpc) is 2.41. The third-order valence-electron chi connectivity index (χ3n) is 2.52. The molecule has 0 aliphatic heterocycles. The highest BCUT2D eigenvalue weighted by atomic mass is 32.2. The van der Waals surface area contributed by atoms with E-state index >= 15 is 0 Å². The molecule has 1 amide bonds. The highest BCUT2D eigenvalue weighted by Gasteiger charge is 2.14. The second kappa shape index (κ2) is 8.93. The summed E-state index contributed by atoms with van der Waals surface area (Å²) in [6, 6.07) is 3.95. The lowest BCUT2D eigenvalue weighted by Gasteiger charge is -2.11. The van der Waals surface area contributed by atoms with E-state index in [1.807, 2.05) is 39.1 Å². The summed E-state index contributed by atoms with van der Waals surface area (Å²) >= 11 is 1.47. The molecule has 5 heteroatoms. The Bertz CT molecular complexity index is 382. The molecule has 4 nitrogen and oxygen atoms in total. The van der Waals surface area contributed by atoms with Crippen LogP contribution in [0.15, 0.2) is 23.4 Å². The number of ether oxygens (including phenoxy) is 1. The zero-order valence-electron chi connectivity index (χ0n) is 11.8. The van der Waals surface area contributed by atoms with Crippen LogP contribution in [-0.2, 0) is 9.53 Å². The summed E-state index contributed by atoms with van der Waals surface area (Å²) < 4.78 is 5.22. The third-order valence-corrected chi connectivity index (χ3v) is 3.57. The molecule has 19 heavy (non-hydrogen) atoms. The number of amides is 1. The molecule has 1 rings (SSSR count).